The summed E-state index contributed by atoms with van der Waals surface area (Å²) in [7, 11) is 5.21. The second kappa shape index (κ2) is 6.12. The van der Waals surface area contributed by atoms with Crippen LogP contribution in [0.15, 0.2) is 12.1 Å². The maximum atomic E-state index is 12.1. The summed E-state index contributed by atoms with van der Waals surface area (Å²) in [6.07, 6.45) is -0.505. The van der Waals surface area contributed by atoms with E-state index in [0.717, 1.165) is 31.7 Å². The fraction of sp³-hybridized carbons (Fsp3) is 0.533. The Kier molecular flexibility index (Phi) is 4.19. The SMILES string of the molecule is COc1cc(OC)c2c(c1)C(NN1CCN(C)CC1)OC2=O. The molecule has 22 heavy (non-hydrogen) atoms. The lowest BCUT2D eigenvalue weighted by Gasteiger charge is -2.34. The Morgan fingerprint density at radius 3 is 2.55 bits per heavy atom. The third kappa shape index (κ3) is 2.75. The molecule has 0 aromatic heterocycles. The van der Waals surface area contributed by atoms with Crippen molar-refractivity contribution in [3.8, 4) is 11.5 Å². The molecule has 7 heteroatoms. The molecule has 1 saturated heterocycles. The van der Waals surface area contributed by atoms with Crippen LogP contribution in [0.25, 0.3) is 0 Å². The van der Waals surface area contributed by atoms with Gasteiger partial charge in [-0.2, -0.15) is 0 Å². The number of hydrogen-bond acceptors (Lipinski definition) is 7. The topological polar surface area (TPSA) is 63.3 Å². The fourth-order valence-electron chi connectivity index (χ4n) is 2.74. The number of ether oxygens (including phenoxy) is 3. The van der Waals surface area contributed by atoms with Gasteiger partial charge in [-0.25, -0.2) is 15.2 Å². The first-order valence-corrected chi connectivity index (χ1v) is 7.29. The molecular formula is C15H21N3O4. The lowest BCUT2D eigenvalue weighted by atomic mass is 10.1. The van der Waals surface area contributed by atoms with Gasteiger partial charge in [0.25, 0.3) is 0 Å². The van der Waals surface area contributed by atoms with Crippen molar-refractivity contribution in [2.75, 3.05) is 47.4 Å². The number of hydrazine groups is 1. The van der Waals surface area contributed by atoms with Crippen molar-refractivity contribution in [3.05, 3.63) is 23.3 Å². The number of cyclic esters (lactones) is 1. The van der Waals surface area contributed by atoms with Gasteiger partial charge in [-0.05, 0) is 13.1 Å². The zero-order chi connectivity index (χ0) is 15.7. The summed E-state index contributed by atoms with van der Waals surface area (Å²) >= 11 is 0. The minimum atomic E-state index is -0.505. The number of hydrogen-bond donors (Lipinski definition) is 1. The van der Waals surface area contributed by atoms with Crippen molar-refractivity contribution in [2.45, 2.75) is 6.23 Å². The molecule has 2 heterocycles. The summed E-state index contributed by atoms with van der Waals surface area (Å²) in [5.41, 5.74) is 4.50. The van der Waals surface area contributed by atoms with E-state index in [1.165, 1.54) is 7.11 Å². The molecule has 1 fully saturated rings. The Morgan fingerprint density at radius 2 is 1.91 bits per heavy atom. The average molecular weight is 307 g/mol. The second-order valence-electron chi connectivity index (χ2n) is 5.50. The van der Waals surface area contributed by atoms with Gasteiger partial charge in [0.15, 0.2) is 6.23 Å². The molecule has 120 valence electrons. The van der Waals surface area contributed by atoms with Crippen LogP contribution < -0.4 is 14.9 Å². The monoisotopic (exact) mass is 307 g/mol. The molecule has 0 aliphatic carbocycles. The Labute approximate surface area is 129 Å². The minimum absolute atomic E-state index is 0.374. The summed E-state index contributed by atoms with van der Waals surface area (Å²) in [4.78, 5) is 14.4. The first kappa shape index (κ1) is 15.1. The van der Waals surface area contributed by atoms with Crippen LogP contribution in [0.4, 0.5) is 0 Å². The van der Waals surface area contributed by atoms with Crippen molar-refractivity contribution < 1.29 is 19.0 Å². The molecule has 0 radical (unpaired) electrons. The predicted molar refractivity (Wildman–Crippen MR) is 79.9 cm³/mol. The molecule has 2 aliphatic rings. The predicted octanol–water partition coefficient (Wildman–Crippen LogP) is 0.625. The Morgan fingerprint density at radius 1 is 1.18 bits per heavy atom. The van der Waals surface area contributed by atoms with Crippen LogP contribution in [0, 0.1) is 0 Å². The van der Waals surface area contributed by atoms with Crippen LogP contribution in [0.3, 0.4) is 0 Å². The lowest BCUT2D eigenvalue weighted by molar-refractivity contribution is -0.0124. The van der Waals surface area contributed by atoms with Gasteiger partial charge in [-0.15, -0.1) is 0 Å². The number of nitrogens with zero attached hydrogens (tertiary/aromatic N) is 2. The quantitative estimate of drug-likeness (QED) is 0.818. The zero-order valence-electron chi connectivity index (χ0n) is 13.1. The molecule has 1 atom stereocenters. The van der Waals surface area contributed by atoms with Crippen LogP contribution in [0.2, 0.25) is 0 Å². The molecule has 0 spiro atoms. The van der Waals surface area contributed by atoms with E-state index in [9.17, 15) is 4.79 Å². The van der Waals surface area contributed by atoms with Gasteiger partial charge in [0, 0.05) is 37.8 Å². The minimum Gasteiger partial charge on any atom is -0.497 e. The molecule has 2 aliphatic heterocycles. The smallest absolute Gasteiger partial charge is 0.344 e. The first-order valence-electron chi connectivity index (χ1n) is 7.29. The van der Waals surface area contributed by atoms with E-state index in [4.69, 9.17) is 14.2 Å². The molecule has 1 aromatic carbocycles. The average Bonchev–Trinajstić information content (AvgIpc) is 2.85. The van der Waals surface area contributed by atoms with Crippen molar-refractivity contribution in [2.24, 2.45) is 0 Å². The van der Waals surface area contributed by atoms with Crippen LogP contribution in [0.1, 0.15) is 22.1 Å². The molecule has 1 N–H and O–H groups in total. The molecule has 1 aromatic rings. The fourth-order valence-corrected chi connectivity index (χ4v) is 2.74. The van der Waals surface area contributed by atoms with Crippen molar-refractivity contribution in [1.29, 1.82) is 0 Å². The van der Waals surface area contributed by atoms with Gasteiger partial charge in [0.2, 0.25) is 0 Å². The largest absolute Gasteiger partial charge is 0.497 e. The summed E-state index contributed by atoms with van der Waals surface area (Å²) in [5, 5.41) is 2.08. The van der Waals surface area contributed by atoms with Gasteiger partial charge in [-0.1, -0.05) is 0 Å². The summed E-state index contributed by atoms with van der Waals surface area (Å²) in [6.45, 7) is 3.70. The highest BCUT2D eigenvalue weighted by molar-refractivity contribution is 5.97. The van der Waals surface area contributed by atoms with Crippen molar-refractivity contribution in [1.82, 2.24) is 15.3 Å². The maximum absolute atomic E-state index is 12.1. The standard InChI is InChI=1S/C15H21N3O4/c1-17-4-6-18(7-5-17)16-14-11-8-10(20-2)9-12(21-3)13(11)15(19)22-14/h8-9,14,16H,4-7H2,1-3H3. The number of nitrogens with one attached hydrogen (secondary N) is 1. The molecule has 0 saturated carbocycles. The van der Waals surface area contributed by atoms with E-state index in [1.807, 2.05) is 6.07 Å². The van der Waals surface area contributed by atoms with Gasteiger partial charge < -0.3 is 19.1 Å². The highest BCUT2D eigenvalue weighted by atomic mass is 16.6. The summed E-state index contributed by atoms with van der Waals surface area (Å²) in [5.74, 6) is 0.738. The van der Waals surface area contributed by atoms with Gasteiger partial charge in [0.05, 0.1) is 14.2 Å². The third-order valence-electron chi connectivity index (χ3n) is 4.08. The van der Waals surface area contributed by atoms with Crippen molar-refractivity contribution >= 4 is 5.97 Å². The number of esters is 1. The highest BCUT2D eigenvalue weighted by Crippen LogP contribution is 2.38. The Balaban J connectivity index is 1.83. The molecule has 7 nitrogen and oxygen atoms in total. The number of benzene rings is 1. The molecule has 0 bridgehead atoms. The lowest BCUT2D eigenvalue weighted by Crippen LogP contribution is -2.51. The van der Waals surface area contributed by atoms with E-state index < -0.39 is 6.23 Å². The van der Waals surface area contributed by atoms with E-state index in [1.54, 1.807) is 13.2 Å². The number of piperazine rings is 1. The summed E-state index contributed by atoms with van der Waals surface area (Å²) in [6, 6.07) is 3.51. The van der Waals surface area contributed by atoms with Crippen LogP contribution in [-0.4, -0.2) is 63.3 Å². The second-order valence-corrected chi connectivity index (χ2v) is 5.50. The number of fused-ring (bicyclic) bond motifs is 1. The Bertz CT molecular complexity index is 570. The normalized spacial score (nSPS) is 22.3. The number of likely N-dealkylation sites (N-methyl/N-ethyl adjacent to an activating group) is 1. The molecule has 1 unspecified atom stereocenters. The number of rotatable bonds is 4. The van der Waals surface area contributed by atoms with Gasteiger partial charge in [-0.3, -0.25) is 0 Å². The molecule has 3 rings (SSSR count). The number of methoxy groups -OCH3 is 2. The first-order chi connectivity index (χ1) is 10.6. The van der Waals surface area contributed by atoms with E-state index >= 15 is 0 Å². The van der Waals surface area contributed by atoms with Crippen molar-refractivity contribution in [3.63, 3.8) is 0 Å². The van der Waals surface area contributed by atoms with E-state index in [0.29, 0.717) is 17.1 Å². The van der Waals surface area contributed by atoms with E-state index in [-0.39, 0.29) is 5.97 Å². The number of carbonyl (C=O) groups excluding carboxylic acids is 1. The third-order valence-corrected chi connectivity index (χ3v) is 4.08. The van der Waals surface area contributed by atoms with Gasteiger partial charge in [0.1, 0.15) is 17.1 Å². The van der Waals surface area contributed by atoms with Crippen LogP contribution in [0.5, 0.6) is 11.5 Å². The van der Waals surface area contributed by atoms with E-state index in [2.05, 4.69) is 22.4 Å². The van der Waals surface area contributed by atoms with Gasteiger partial charge >= 0.3 is 5.97 Å². The number of carbonyl (C=O) groups is 1. The molecular weight excluding hydrogens is 286 g/mol. The Hall–Kier alpha value is -1.83. The maximum Gasteiger partial charge on any atom is 0.344 e. The van der Waals surface area contributed by atoms with Crippen LogP contribution in [-0.2, 0) is 4.74 Å². The molecule has 0 amide bonds. The highest BCUT2D eigenvalue weighted by Gasteiger charge is 2.36. The van der Waals surface area contributed by atoms with Crippen LogP contribution >= 0.6 is 0 Å². The zero-order valence-corrected chi connectivity index (χ0v) is 13.1. The summed E-state index contributed by atoms with van der Waals surface area (Å²) < 4.78 is 16.0.